The van der Waals surface area contributed by atoms with Gasteiger partial charge in [-0.05, 0) is 163 Å². The van der Waals surface area contributed by atoms with Gasteiger partial charge in [-0.1, -0.05) is 162 Å². The predicted molar refractivity (Wildman–Crippen MR) is 407 cm³/mol. The number of carbonyl (C=O) groups is 1. The van der Waals surface area contributed by atoms with Crippen molar-refractivity contribution < 1.29 is 54.0 Å². The van der Waals surface area contributed by atoms with Gasteiger partial charge in [-0.15, -0.1) is 0 Å². The summed E-state index contributed by atoms with van der Waals surface area (Å²) in [5, 5.41) is 76.3. The lowest BCUT2D eigenvalue weighted by Gasteiger charge is -2.62. The van der Waals surface area contributed by atoms with E-state index in [0.29, 0.717) is 109 Å². The molecule has 544 valence electrons. The molecule has 5 aromatic rings. The quantitative estimate of drug-likeness (QED) is 0.0220. The molecule has 7 aliphatic carbocycles. The van der Waals surface area contributed by atoms with Crippen LogP contribution in [0, 0.1) is 64.6 Å². The fraction of sp³-hybridized carbons (Fsp3) is 0.489. The molecule has 7 heterocycles. The van der Waals surface area contributed by atoms with Gasteiger partial charge in [0.25, 0.3) is 0 Å². The van der Waals surface area contributed by atoms with Crippen LogP contribution in [0.25, 0.3) is 17.2 Å². The Labute approximate surface area is 623 Å². The number of benzene rings is 5. The zero-order valence-corrected chi connectivity index (χ0v) is 61.3. The Bertz CT molecular complexity index is 4680. The largest absolute Gasteiger partial charge is 0.508 e. The van der Waals surface area contributed by atoms with E-state index in [9.17, 15) is 30.3 Å². The number of phenolic OH excluding ortho intramolecular Hbond substituents is 2. The second-order valence-electron chi connectivity index (χ2n) is 33.0. The van der Waals surface area contributed by atoms with Gasteiger partial charge in [0.15, 0.2) is 18.3 Å². The molecule has 19 rings (SSSR count). The van der Waals surface area contributed by atoms with Crippen molar-refractivity contribution in [1.82, 2.24) is 16.0 Å². The smallest absolute Gasteiger partial charge is 0.302 e. The van der Waals surface area contributed by atoms with Gasteiger partial charge in [0.05, 0.1) is 47.3 Å². The highest BCUT2D eigenvalue weighted by atomic mass is 33.1. The first-order chi connectivity index (χ1) is 51.2. The van der Waals surface area contributed by atoms with Crippen molar-refractivity contribution in [3.8, 4) is 63.6 Å². The maximum absolute atomic E-state index is 14.6. The van der Waals surface area contributed by atoms with Crippen molar-refractivity contribution in [3.63, 3.8) is 0 Å². The normalized spacial score (nSPS) is 36.2. The minimum Gasteiger partial charge on any atom is -0.508 e. The predicted octanol–water partition coefficient (Wildman–Crippen LogP) is 12.6. The number of aromatic hydroxyl groups is 2. The van der Waals surface area contributed by atoms with Gasteiger partial charge in [0, 0.05) is 112 Å². The third-order valence-electron chi connectivity index (χ3n) is 27.5. The van der Waals surface area contributed by atoms with Crippen LogP contribution in [0.5, 0.6) is 28.7 Å². The van der Waals surface area contributed by atoms with E-state index in [1.54, 1.807) is 13.2 Å². The molecule has 4 fully saturated rings. The Hall–Kier alpha value is -7.39. The maximum atomic E-state index is 14.6. The average molecular weight is 1450 g/mol. The fourth-order valence-electron chi connectivity index (χ4n) is 23.1. The molecule has 3 spiro atoms. The first kappa shape index (κ1) is 68.2. The number of hydrogen-bond donors (Lipinski definition) is 9. The molecule has 0 amide bonds. The highest BCUT2D eigenvalue weighted by molar-refractivity contribution is 8.77. The van der Waals surface area contributed by atoms with Crippen LogP contribution in [0.2, 0.25) is 0 Å². The van der Waals surface area contributed by atoms with E-state index < -0.39 is 82.7 Å². The molecule has 20 atom stereocenters. The number of phenols is 2. The van der Waals surface area contributed by atoms with Crippen LogP contribution >= 0.6 is 21.6 Å². The molecule has 0 aromatic heterocycles. The van der Waals surface area contributed by atoms with Crippen molar-refractivity contribution in [3.05, 3.63) is 188 Å². The summed E-state index contributed by atoms with van der Waals surface area (Å²) in [6.07, 6.45) is 28.2. The lowest BCUT2D eigenvalue weighted by Crippen LogP contribution is -2.63. The summed E-state index contributed by atoms with van der Waals surface area (Å²) in [5.41, 5.74) is 16.6. The molecular weight excluding hydrogens is 1350 g/mol. The summed E-state index contributed by atoms with van der Waals surface area (Å²) >= 11 is 0. The fourth-order valence-corrected chi connectivity index (χ4v) is 26.3. The van der Waals surface area contributed by atoms with Crippen LogP contribution in [0.4, 0.5) is 0 Å². The van der Waals surface area contributed by atoms with E-state index in [0.717, 1.165) is 89.7 Å². The molecule has 3 saturated carbocycles. The summed E-state index contributed by atoms with van der Waals surface area (Å²) in [5.74, 6) is 15.1. The van der Waals surface area contributed by atoms with Gasteiger partial charge in [-0.2, -0.15) is 0 Å². The highest BCUT2D eigenvalue weighted by Crippen LogP contribution is 2.73. The Morgan fingerprint density at radius 2 is 1.71 bits per heavy atom. The second-order valence-corrected chi connectivity index (χ2v) is 35.7. The molecule has 14 aliphatic rings. The number of allylic oxidation sites excluding steroid dienone is 4. The number of dihydropyridines is 1. The zero-order valence-electron chi connectivity index (χ0n) is 59.7. The summed E-state index contributed by atoms with van der Waals surface area (Å²) in [4.78, 5) is 13.8. The summed E-state index contributed by atoms with van der Waals surface area (Å²) in [6.45, 7) is 0.902. The summed E-state index contributed by atoms with van der Waals surface area (Å²) in [6, 6.07) is 24.4. The number of ether oxygens (including phenoxy) is 5. The van der Waals surface area contributed by atoms with E-state index >= 15 is 0 Å². The third-order valence-corrected chi connectivity index (χ3v) is 30.5. The number of nitrogens with two attached hydrogens (primary N) is 1. The molecule has 0 radical (unpaired) electrons. The number of esters is 1. The van der Waals surface area contributed by atoms with Crippen molar-refractivity contribution in [1.29, 1.82) is 0 Å². The topological polar surface area (TPSA) is 226 Å². The van der Waals surface area contributed by atoms with Crippen LogP contribution in [0.1, 0.15) is 169 Å². The molecule has 13 bridgehead atoms. The molecule has 1 unspecified atom stereocenters. The van der Waals surface area contributed by atoms with Crippen molar-refractivity contribution in [2.24, 2.45) is 46.7 Å². The van der Waals surface area contributed by atoms with Gasteiger partial charge in [0.2, 0.25) is 0 Å². The van der Waals surface area contributed by atoms with Crippen LogP contribution in [-0.4, -0.2) is 112 Å². The molecule has 1 saturated heterocycles. The van der Waals surface area contributed by atoms with Crippen LogP contribution in [-0.2, 0) is 50.8 Å². The molecule has 7 aliphatic heterocycles. The highest BCUT2D eigenvalue weighted by Gasteiger charge is 2.68. The van der Waals surface area contributed by atoms with Crippen molar-refractivity contribution >= 4 is 33.6 Å². The lowest BCUT2D eigenvalue weighted by molar-refractivity contribution is -0.141. The Kier molecular flexibility index (Phi) is 17.2. The van der Waals surface area contributed by atoms with Gasteiger partial charge in [0.1, 0.15) is 42.0 Å². The number of methoxy groups -OCH3 is 1. The second kappa shape index (κ2) is 26.5. The Balaban J connectivity index is 0.977. The van der Waals surface area contributed by atoms with Crippen LogP contribution in [0.15, 0.2) is 127 Å². The van der Waals surface area contributed by atoms with Crippen molar-refractivity contribution in [2.45, 2.75) is 186 Å². The maximum Gasteiger partial charge on any atom is 0.302 e. The number of nitrogens with one attached hydrogen (secondary N) is 3. The molecule has 10 N–H and O–H groups in total. The first-order valence-corrected chi connectivity index (χ1v) is 41.1. The summed E-state index contributed by atoms with van der Waals surface area (Å²) < 4.78 is 35.5. The van der Waals surface area contributed by atoms with E-state index in [-0.39, 0.29) is 65.8 Å². The molecule has 17 heteroatoms. The number of carbonyl (C=O) groups excluding carboxylic acids is 1. The molecule has 105 heavy (non-hydrogen) atoms. The minimum absolute atomic E-state index is 0.0247. The summed E-state index contributed by atoms with van der Waals surface area (Å²) in [7, 11) is 5.58. The number of hydrogen-bond acceptors (Lipinski definition) is 17. The first-order valence-electron chi connectivity index (χ1n) is 38.7. The SMILES string of the molecule is COC[C@H]1[C@@H](CO)[C@@H]2N[C@H]3C=C[C@H]2CCc2ccc4cc2C[C@@H]1C#C[C@@H]1C#CC2=C(C=CC(N)N2)[C@@H]2[C@@]5(C=C[C@@]6(O)CCCC[C@]426)CC[C@]2(Cc4cc(O)cc(OCO)c4-c4ccc6c(c42)O[C@H](c2c4c(c(O)c3c21)O[C@@H]1[C@@H](C=C4)N[C@H]2CCC[C@H](CSS[C@@H]1Cc1ccccc1)C2)[C@H]6COC(C)=O)C5. The van der Waals surface area contributed by atoms with Gasteiger partial charge >= 0.3 is 5.97 Å². The van der Waals surface area contributed by atoms with E-state index in [2.05, 4.69) is 143 Å². The van der Waals surface area contributed by atoms with Crippen LogP contribution < -0.4 is 35.9 Å². The van der Waals surface area contributed by atoms with Gasteiger partial charge in [-0.25, -0.2) is 0 Å². The van der Waals surface area contributed by atoms with E-state index in [1.165, 1.54) is 30.0 Å². The third kappa shape index (κ3) is 11.0. The monoisotopic (exact) mass is 1450 g/mol. The molecule has 15 nitrogen and oxygen atoms in total. The number of aliphatic hydroxyl groups excluding tert-OH is 2. The van der Waals surface area contributed by atoms with Gasteiger partial charge in [-0.3, -0.25) is 4.79 Å². The Morgan fingerprint density at radius 3 is 2.57 bits per heavy atom. The van der Waals surface area contributed by atoms with E-state index in [1.807, 2.05) is 33.7 Å². The number of aliphatic hydroxyl groups is 3. The van der Waals surface area contributed by atoms with Crippen molar-refractivity contribution in [2.75, 3.05) is 39.5 Å². The Morgan fingerprint density at radius 1 is 0.829 bits per heavy atom. The number of rotatable bonds is 9. The van der Waals surface area contributed by atoms with E-state index in [4.69, 9.17) is 29.4 Å². The minimum atomic E-state index is -1.33. The van der Waals surface area contributed by atoms with Gasteiger partial charge < -0.3 is 70.9 Å². The number of aryl methyl sites for hydroxylation is 1. The standard InChI is InChI=1S/C88H94N4O11S2/c1-48(95)100-44-66-60-21-22-62-73-56(39-59(96)40-70(73)101-47-94)41-86-32-31-85(46-86)33-34-87(98)29-6-7-30-88(87)57-20-17-51-13-15-53-19-26-68-76-74(52(18-25-67-61(84(85)88)24-28-72(89)91-67)14-16-54(37-55(51)38-57)65(43-99-2)64(42-93)78(53)92-68)75(80(66)102-81(60)77(62)86)63-23-27-69-83(103-82(63)79(76)97)71(36-49-9-4-3-5-10-49)105-104-45-50-11-8-12-58(35-50)90-69/h3-5,9-10,17,19-24,26-28,33-34,38-40,50,52-54,58,64-66,68-69,71-72,78,80,83-84,90-94,96-98H,6-8,11-13,15,29-32,35-37,41-47,89H2,1-2H3/t50-,52+,53+,54-,58-,64+,65+,66-,68-,69+,71+,72?,78+,80-,83+,84+,85+,86-,87-,88-/m0/s1. The molecular formula is C88H94N4O11S2. The average Bonchev–Trinajstić information content (AvgIpc) is 1.56. The molecule has 5 aromatic carbocycles. The zero-order chi connectivity index (χ0) is 71.3. The lowest BCUT2D eigenvalue weighted by atomic mass is 9.43. The van der Waals surface area contributed by atoms with Crippen LogP contribution in [0.3, 0.4) is 0 Å². The number of fused-ring (bicyclic) bond motifs is 13.